The third-order valence-corrected chi connectivity index (χ3v) is 5.04. The molecule has 0 aromatic carbocycles. The topological polar surface area (TPSA) is 80.0 Å². The number of thiazole rings is 1. The number of rotatable bonds is 5. The summed E-state index contributed by atoms with van der Waals surface area (Å²) < 4.78 is 0. The number of hydrogen-bond donors (Lipinski definition) is 3. The third-order valence-electron chi connectivity index (χ3n) is 4.04. The van der Waals surface area contributed by atoms with Crippen molar-refractivity contribution in [2.45, 2.75) is 51.0 Å². The SMILES string of the molecule is Nc1nc(NC2CC2)sc1C(=O)NCC1CCCCC1. The van der Waals surface area contributed by atoms with E-state index in [0.717, 1.165) is 11.7 Å². The lowest BCUT2D eigenvalue weighted by atomic mass is 9.89. The molecule has 1 heterocycles. The number of nitrogens with zero attached hydrogens (tertiary/aromatic N) is 1. The van der Waals surface area contributed by atoms with Crippen molar-refractivity contribution in [2.24, 2.45) is 5.92 Å². The first-order chi connectivity index (χ1) is 9.72. The highest BCUT2D eigenvalue weighted by molar-refractivity contribution is 7.18. The first-order valence-corrected chi connectivity index (χ1v) is 8.35. The lowest BCUT2D eigenvalue weighted by Gasteiger charge is -2.21. The summed E-state index contributed by atoms with van der Waals surface area (Å²) in [6.45, 7) is 0.765. The number of carbonyl (C=O) groups is 1. The largest absolute Gasteiger partial charge is 0.382 e. The first kappa shape index (κ1) is 13.7. The van der Waals surface area contributed by atoms with Crippen molar-refractivity contribution in [3.05, 3.63) is 4.88 Å². The van der Waals surface area contributed by atoms with Crippen LogP contribution in [0.3, 0.4) is 0 Å². The van der Waals surface area contributed by atoms with Gasteiger partial charge in [-0.1, -0.05) is 30.6 Å². The molecule has 1 aromatic rings. The van der Waals surface area contributed by atoms with Gasteiger partial charge in [0.15, 0.2) is 5.13 Å². The van der Waals surface area contributed by atoms with E-state index in [4.69, 9.17) is 5.73 Å². The Kier molecular flexibility index (Phi) is 4.10. The summed E-state index contributed by atoms with van der Waals surface area (Å²) in [4.78, 5) is 17.0. The van der Waals surface area contributed by atoms with Crippen LogP contribution in [0.1, 0.15) is 54.6 Å². The van der Waals surface area contributed by atoms with Crippen LogP contribution in [-0.4, -0.2) is 23.5 Å². The van der Waals surface area contributed by atoms with Crippen molar-refractivity contribution in [1.29, 1.82) is 0 Å². The lowest BCUT2D eigenvalue weighted by molar-refractivity contribution is 0.0948. The van der Waals surface area contributed by atoms with Crippen LogP contribution in [0.2, 0.25) is 0 Å². The van der Waals surface area contributed by atoms with Crippen LogP contribution >= 0.6 is 11.3 Å². The van der Waals surface area contributed by atoms with Gasteiger partial charge in [-0.05, 0) is 31.6 Å². The Morgan fingerprint density at radius 3 is 2.70 bits per heavy atom. The van der Waals surface area contributed by atoms with Crippen molar-refractivity contribution in [3.63, 3.8) is 0 Å². The molecular weight excluding hydrogens is 272 g/mol. The fraction of sp³-hybridized carbons (Fsp3) is 0.714. The molecule has 6 heteroatoms. The van der Waals surface area contributed by atoms with Gasteiger partial charge in [0.05, 0.1) is 0 Å². The molecule has 0 spiro atoms. The third kappa shape index (κ3) is 3.42. The molecule has 0 radical (unpaired) electrons. The fourth-order valence-corrected chi connectivity index (χ4v) is 3.55. The van der Waals surface area contributed by atoms with Gasteiger partial charge in [0.2, 0.25) is 0 Å². The molecule has 3 rings (SSSR count). The molecule has 20 heavy (non-hydrogen) atoms. The van der Waals surface area contributed by atoms with Gasteiger partial charge in [-0.2, -0.15) is 0 Å². The maximum absolute atomic E-state index is 12.2. The minimum atomic E-state index is -0.0746. The number of aromatic nitrogens is 1. The van der Waals surface area contributed by atoms with E-state index in [0.29, 0.717) is 22.7 Å². The van der Waals surface area contributed by atoms with Gasteiger partial charge in [-0.25, -0.2) is 4.98 Å². The molecule has 0 atom stereocenters. The van der Waals surface area contributed by atoms with Gasteiger partial charge >= 0.3 is 0 Å². The second-order valence-corrected chi connectivity index (χ2v) is 6.87. The summed E-state index contributed by atoms with van der Waals surface area (Å²) in [5, 5.41) is 7.07. The number of amides is 1. The molecule has 1 aromatic heterocycles. The molecule has 0 unspecified atom stereocenters. The van der Waals surface area contributed by atoms with E-state index in [1.54, 1.807) is 0 Å². The summed E-state index contributed by atoms with van der Waals surface area (Å²) >= 11 is 1.36. The summed E-state index contributed by atoms with van der Waals surface area (Å²) in [6.07, 6.45) is 8.74. The Balaban J connectivity index is 1.54. The second kappa shape index (κ2) is 5.99. The summed E-state index contributed by atoms with van der Waals surface area (Å²) in [6, 6.07) is 0.527. The number of hydrogen-bond acceptors (Lipinski definition) is 5. The molecule has 0 saturated heterocycles. The predicted molar refractivity (Wildman–Crippen MR) is 82.1 cm³/mol. The summed E-state index contributed by atoms with van der Waals surface area (Å²) in [7, 11) is 0. The molecule has 0 bridgehead atoms. The number of nitrogen functional groups attached to an aromatic ring is 1. The normalized spacial score (nSPS) is 19.8. The van der Waals surface area contributed by atoms with Gasteiger partial charge in [0.25, 0.3) is 5.91 Å². The molecule has 2 saturated carbocycles. The minimum absolute atomic E-state index is 0.0746. The fourth-order valence-electron chi connectivity index (χ4n) is 2.67. The van der Waals surface area contributed by atoms with E-state index in [9.17, 15) is 4.79 Å². The van der Waals surface area contributed by atoms with Gasteiger partial charge in [-0.3, -0.25) is 4.79 Å². The number of anilines is 2. The van der Waals surface area contributed by atoms with Gasteiger partial charge in [-0.15, -0.1) is 0 Å². The number of nitrogens with one attached hydrogen (secondary N) is 2. The van der Waals surface area contributed by atoms with Crippen LogP contribution in [-0.2, 0) is 0 Å². The monoisotopic (exact) mass is 294 g/mol. The Morgan fingerprint density at radius 2 is 2.00 bits per heavy atom. The van der Waals surface area contributed by atoms with Gasteiger partial charge in [0, 0.05) is 12.6 Å². The summed E-state index contributed by atoms with van der Waals surface area (Å²) in [5.74, 6) is 0.902. The van der Waals surface area contributed by atoms with Crippen molar-refractivity contribution in [2.75, 3.05) is 17.6 Å². The van der Waals surface area contributed by atoms with Crippen molar-refractivity contribution >= 4 is 28.2 Å². The van der Waals surface area contributed by atoms with Crippen LogP contribution in [0, 0.1) is 5.92 Å². The highest BCUT2D eigenvalue weighted by atomic mass is 32.1. The van der Waals surface area contributed by atoms with E-state index in [1.807, 2.05) is 0 Å². The second-order valence-electron chi connectivity index (χ2n) is 5.87. The van der Waals surface area contributed by atoms with E-state index in [-0.39, 0.29) is 5.91 Å². The van der Waals surface area contributed by atoms with E-state index < -0.39 is 0 Å². The van der Waals surface area contributed by atoms with Crippen molar-refractivity contribution < 1.29 is 4.79 Å². The maximum Gasteiger partial charge on any atom is 0.265 e. The number of carbonyl (C=O) groups excluding carboxylic acids is 1. The Bertz CT molecular complexity index is 478. The minimum Gasteiger partial charge on any atom is -0.382 e. The Morgan fingerprint density at radius 1 is 1.25 bits per heavy atom. The smallest absolute Gasteiger partial charge is 0.265 e. The van der Waals surface area contributed by atoms with Crippen LogP contribution in [0.4, 0.5) is 10.9 Å². The molecule has 5 nitrogen and oxygen atoms in total. The molecular formula is C14H22N4OS. The highest BCUT2D eigenvalue weighted by Crippen LogP contribution is 2.30. The van der Waals surface area contributed by atoms with Crippen molar-refractivity contribution in [3.8, 4) is 0 Å². The molecule has 2 aliphatic rings. The quantitative estimate of drug-likeness (QED) is 0.780. The van der Waals surface area contributed by atoms with E-state index >= 15 is 0 Å². The lowest BCUT2D eigenvalue weighted by Crippen LogP contribution is -2.30. The zero-order valence-corrected chi connectivity index (χ0v) is 12.5. The number of nitrogens with two attached hydrogens (primary N) is 1. The van der Waals surface area contributed by atoms with Crippen LogP contribution < -0.4 is 16.4 Å². The Hall–Kier alpha value is -1.30. The molecule has 2 fully saturated rings. The zero-order valence-electron chi connectivity index (χ0n) is 11.7. The molecule has 110 valence electrons. The van der Waals surface area contributed by atoms with E-state index in [1.165, 1.54) is 56.3 Å². The first-order valence-electron chi connectivity index (χ1n) is 7.53. The molecule has 4 N–H and O–H groups in total. The molecule has 2 aliphatic carbocycles. The summed E-state index contributed by atoms with van der Waals surface area (Å²) in [5.41, 5.74) is 5.85. The molecule has 1 amide bonds. The zero-order chi connectivity index (χ0) is 13.9. The van der Waals surface area contributed by atoms with Crippen LogP contribution in [0.5, 0.6) is 0 Å². The van der Waals surface area contributed by atoms with Gasteiger partial charge in [0.1, 0.15) is 10.7 Å². The highest BCUT2D eigenvalue weighted by Gasteiger charge is 2.24. The van der Waals surface area contributed by atoms with Crippen LogP contribution in [0.25, 0.3) is 0 Å². The molecule has 0 aliphatic heterocycles. The van der Waals surface area contributed by atoms with Crippen molar-refractivity contribution in [1.82, 2.24) is 10.3 Å². The standard InChI is InChI=1S/C14H22N4OS/c15-12-11(20-14(18-12)17-10-6-7-10)13(19)16-8-9-4-2-1-3-5-9/h9-10H,1-8,15H2,(H,16,19)(H,17,18). The van der Waals surface area contributed by atoms with Gasteiger partial charge < -0.3 is 16.4 Å². The van der Waals surface area contributed by atoms with Crippen LogP contribution in [0.15, 0.2) is 0 Å². The average molecular weight is 294 g/mol. The maximum atomic E-state index is 12.2. The average Bonchev–Trinajstić information content (AvgIpc) is 3.19. The Labute approximate surface area is 123 Å². The predicted octanol–water partition coefficient (Wildman–Crippen LogP) is 2.61. The van der Waals surface area contributed by atoms with E-state index in [2.05, 4.69) is 15.6 Å².